The molecule has 0 amide bonds. The van der Waals surface area contributed by atoms with E-state index in [4.69, 9.17) is 25.3 Å². The summed E-state index contributed by atoms with van der Waals surface area (Å²) in [5.41, 5.74) is 1.18. The molecule has 2 heterocycles. The number of hydrogen-bond donors (Lipinski definition) is 0. The summed E-state index contributed by atoms with van der Waals surface area (Å²) in [6, 6.07) is 12.3. The van der Waals surface area contributed by atoms with Gasteiger partial charge in [0, 0.05) is 5.56 Å². The van der Waals surface area contributed by atoms with Gasteiger partial charge in [0.05, 0.1) is 7.11 Å². The summed E-state index contributed by atoms with van der Waals surface area (Å²) < 4.78 is 15.4. The number of carbonyl (C=O) groups is 1. The molecule has 1 aromatic carbocycles. The van der Waals surface area contributed by atoms with Crippen LogP contribution >= 0.6 is 11.6 Å². The van der Waals surface area contributed by atoms with Crippen LogP contribution in [0.5, 0.6) is 0 Å². The summed E-state index contributed by atoms with van der Waals surface area (Å²) in [6.45, 7) is 0. The molecule has 0 aliphatic rings. The highest BCUT2D eigenvalue weighted by Gasteiger charge is 2.27. The third-order valence-corrected chi connectivity index (χ3v) is 3.13. The van der Waals surface area contributed by atoms with Crippen molar-refractivity contribution in [1.82, 2.24) is 5.16 Å². The lowest BCUT2D eigenvalue weighted by molar-refractivity contribution is 0.0601. The third-order valence-electron chi connectivity index (χ3n) is 2.92. The molecule has 0 atom stereocenters. The fraction of sp³-hybridized carbons (Fsp3) is 0.0667. The smallest absolute Gasteiger partial charge is 0.344 e. The van der Waals surface area contributed by atoms with Crippen molar-refractivity contribution >= 4 is 17.6 Å². The summed E-state index contributed by atoms with van der Waals surface area (Å²) in [5.74, 6) is 0.105. The largest absolute Gasteiger partial charge is 0.465 e. The van der Waals surface area contributed by atoms with E-state index in [1.54, 1.807) is 12.1 Å². The van der Waals surface area contributed by atoms with E-state index in [1.807, 2.05) is 30.3 Å². The summed E-state index contributed by atoms with van der Waals surface area (Å²) in [4.78, 5) is 12.1. The van der Waals surface area contributed by atoms with E-state index < -0.39 is 5.97 Å². The predicted molar refractivity (Wildman–Crippen MR) is 76.0 cm³/mol. The van der Waals surface area contributed by atoms with E-state index in [9.17, 15) is 4.79 Å². The van der Waals surface area contributed by atoms with E-state index >= 15 is 0 Å². The molecule has 0 aliphatic carbocycles. The monoisotopic (exact) mass is 303 g/mol. The Morgan fingerprint density at radius 2 is 1.95 bits per heavy atom. The second-order valence-electron chi connectivity index (χ2n) is 4.20. The number of carbonyl (C=O) groups excluding carboxylic acids is 1. The van der Waals surface area contributed by atoms with Crippen molar-refractivity contribution in [1.29, 1.82) is 0 Å². The summed E-state index contributed by atoms with van der Waals surface area (Å²) in [5, 5.41) is 4.12. The van der Waals surface area contributed by atoms with Crippen molar-refractivity contribution in [2.75, 3.05) is 7.11 Å². The average Bonchev–Trinajstić information content (AvgIpc) is 3.13. The first-order chi connectivity index (χ1) is 10.2. The van der Waals surface area contributed by atoms with Gasteiger partial charge in [0.2, 0.25) is 0 Å². The second kappa shape index (κ2) is 5.46. The highest BCUT2D eigenvalue weighted by molar-refractivity contribution is 6.29. The Morgan fingerprint density at radius 1 is 1.19 bits per heavy atom. The molecule has 0 saturated carbocycles. The molecule has 2 aromatic heterocycles. The lowest BCUT2D eigenvalue weighted by atomic mass is 10.1. The van der Waals surface area contributed by atoms with Crippen LogP contribution < -0.4 is 0 Å². The first kappa shape index (κ1) is 13.5. The standard InChI is InChI=1S/C15H10ClNO4/c1-19-15(18)12-13(10-7-8-11(16)20-10)17-21-14(12)9-5-3-2-4-6-9/h2-8H,1H3. The molecule has 0 aliphatic heterocycles. The van der Waals surface area contributed by atoms with E-state index in [0.29, 0.717) is 17.1 Å². The minimum absolute atomic E-state index is 0.199. The van der Waals surface area contributed by atoms with Crippen LogP contribution in [0.1, 0.15) is 10.4 Å². The van der Waals surface area contributed by atoms with Gasteiger partial charge < -0.3 is 13.7 Å². The van der Waals surface area contributed by atoms with Crippen LogP contribution in [0, 0.1) is 0 Å². The number of esters is 1. The van der Waals surface area contributed by atoms with Crippen LogP contribution in [0.2, 0.25) is 5.22 Å². The van der Waals surface area contributed by atoms with Gasteiger partial charge in [-0.25, -0.2) is 4.79 Å². The molecule has 0 fully saturated rings. The van der Waals surface area contributed by atoms with Crippen molar-refractivity contribution in [2.24, 2.45) is 0 Å². The van der Waals surface area contributed by atoms with Crippen molar-refractivity contribution < 1.29 is 18.5 Å². The molecule has 5 nitrogen and oxygen atoms in total. The number of benzene rings is 1. The quantitative estimate of drug-likeness (QED) is 0.683. The molecular formula is C15H10ClNO4. The second-order valence-corrected chi connectivity index (χ2v) is 4.57. The zero-order valence-corrected chi connectivity index (χ0v) is 11.8. The maximum Gasteiger partial charge on any atom is 0.344 e. The Morgan fingerprint density at radius 3 is 2.57 bits per heavy atom. The number of ether oxygens (including phenoxy) is 1. The Bertz CT molecular complexity index is 776. The van der Waals surface area contributed by atoms with Gasteiger partial charge in [-0.05, 0) is 23.7 Å². The van der Waals surface area contributed by atoms with Crippen LogP contribution in [0.15, 0.2) is 51.4 Å². The van der Waals surface area contributed by atoms with Crippen LogP contribution in [-0.4, -0.2) is 18.2 Å². The zero-order valence-electron chi connectivity index (χ0n) is 11.0. The van der Waals surface area contributed by atoms with Gasteiger partial charge in [0.25, 0.3) is 0 Å². The van der Waals surface area contributed by atoms with Crippen molar-refractivity contribution in [3.8, 4) is 22.8 Å². The van der Waals surface area contributed by atoms with Crippen molar-refractivity contribution in [3.63, 3.8) is 0 Å². The number of nitrogens with zero attached hydrogens (tertiary/aromatic N) is 1. The summed E-state index contributed by atoms with van der Waals surface area (Å²) in [6.07, 6.45) is 0. The molecule has 0 unspecified atom stereocenters. The van der Waals surface area contributed by atoms with Crippen LogP contribution in [-0.2, 0) is 4.74 Å². The van der Waals surface area contributed by atoms with Gasteiger partial charge in [0.1, 0.15) is 5.56 Å². The Balaban J connectivity index is 2.19. The lowest BCUT2D eigenvalue weighted by Crippen LogP contribution is -2.03. The van der Waals surface area contributed by atoms with Crippen LogP contribution in [0.4, 0.5) is 0 Å². The molecule has 3 rings (SSSR count). The molecule has 0 saturated heterocycles. The molecule has 21 heavy (non-hydrogen) atoms. The number of furan rings is 1. The molecule has 0 bridgehead atoms. The fourth-order valence-electron chi connectivity index (χ4n) is 1.98. The normalized spacial score (nSPS) is 10.6. The molecule has 0 N–H and O–H groups in total. The first-order valence-corrected chi connectivity index (χ1v) is 6.47. The Hall–Kier alpha value is -2.53. The van der Waals surface area contributed by atoms with E-state index in [0.717, 1.165) is 0 Å². The molecular weight excluding hydrogens is 294 g/mol. The number of rotatable bonds is 3. The number of aromatic nitrogens is 1. The van der Waals surface area contributed by atoms with E-state index in [1.165, 1.54) is 7.11 Å². The predicted octanol–water partition coefficient (Wildman–Crippen LogP) is 4.04. The SMILES string of the molecule is COC(=O)c1c(-c2ccc(Cl)o2)noc1-c1ccccc1. The maximum absolute atomic E-state index is 12.1. The van der Waals surface area contributed by atoms with Crippen LogP contribution in [0.3, 0.4) is 0 Å². The van der Waals surface area contributed by atoms with Crippen molar-refractivity contribution in [3.05, 3.63) is 53.2 Å². The van der Waals surface area contributed by atoms with Crippen molar-refractivity contribution in [2.45, 2.75) is 0 Å². The number of hydrogen-bond acceptors (Lipinski definition) is 5. The fourth-order valence-corrected chi connectivity index (χ4v) is 2.12. The highest BCUT2D eigenvalue weighted by atomic mass is 35.5. The molecule has 0 spiro atoms. The molecule has 106 valence electrons. The Labute approximate surface area is 125 Å². The average molecular weight is 304 g/mol. The number of halogens is 1. The minimum Gasteiger partial charge on any atom is -0.465 e. The van der Waals surface area contributed by atoms with E-state index in [2.05, 4.69) is 5.16 Å². The topological polar surface area (TPSA) is 65.5 Å². The van der Waals surface area contributed by atoms with Gasteiger partial charge >= 0.3 is 5.97 Å². The molecule has 6 heteroatoms. The lowest BCUT2D eigenvalue weighted by Gasteiger charge is -2.01. The van der Waals surface area contributed by atoms with Gasteiger partial charge in [-0.3, -0.25) is 0 Å². The van der Waals surface area contributed by atoms with Gasteiger partial charge in [0.15, 0.2) is 22.4 Å². The van der Waals surface area contributed by atoms with Gasteiger partial charge in [-0.1, -0.05) is 35.5 Å². The minimum atomic E-state index is -0.558. The van der Waals surface area contributed by atoms with Gasteiger partial charge in [-0.15, -0.1) is 0 Å². The molecule has 0 radical (unpaired) electrons. The van der Waals surface area contributed by atoms with Crippen LogP contribution in [0.25, 0.3) is 22.8 Å². The third kappa shape index (κ3) is 2.43. The maximum atomic E-state index is 12.1. The van der Waals surface area contributed by atoms with Gasteiger partial charge in [-0.2, -0.15) is 0 Å². The molecule has 3 aromatic rings. The highest BCUT2D eigenvalue weighted by Crippen LogP contribution is 2.34. The first-order valence-electron chi connectivity index (χ1n) is 6.10. The number of methoxy groups -OCH3 is 1. The zero-order chi connectivity index (χ0) is 14.8. The van der Waals surface area contributed by atoms with E-state index in [-0.39, 0.29) is 16.5 Å². The summed E-state index contributed by atoms with van der Waals surface area (Å²) >= 11 is 5.76. The summed E-state index contributed by atoms with van der Waals surface area (Å²) in [7, 11) is 1.29. The Kier molecular flexibility index (Phi) is 3.50.